The Hall–Kier alpha value is -1.26. The average molecular weight is 173 g/mol. The second-order valence-electron chi connectivity index (χ2n) is 2.11. The Morgan fingerprint density at radius 1 is 1.50 bits per heavy atom. The lowest BCUT2D eigenvalue weighted by Gasteiger charge is -2.14. The molecule has 70 valence electrons. The van der Waals surface area contributed by atoms with E-state index >= 15 is 0 Å². The molecule has 0 atom stereocenters. The van der Waals surface area contributed by atoms with Gasteiger partial charge >= 0.3 is 6.03 Å². The molecule has 0 aliphatic heterocycles. The molecule has 5 heteroatoms. The van der Waals surface area contributed by atoms with Crippen molar-refractivity contribution in [3.8, 4) is 0 Å². The van der Waals surface area contributed by atoms with Crippen LogP contribution >= 0.6 is 0 Å². The number of aliphatic imine (C=N–C) groups is 1. The third-order valence-corrected chi connectivity index (χ3v) is 1.45. The molecule has 0 radical (unpaired) electrons. The third kappa shape index (κ3) is 3.23. The van der Waals surface area contributed by atoms with E-state index in [-0.39, 0.29) is 12.1 Å². The maximum absolute atomic E-state index is 11.2. The lowest BCUT2D eigenvalue weighted by Crippen LogP contribution is -2.30. The lowest BCUT2D eigenvalue weighted by atomic mass is 10.5. The highest BCUT2D eigenvalue weighted by Crippen LogP contribution is 1.92. The van der Waals surface area contributed by atoms with Gasteiger partial charge < -0.3 is 15.4 Å². The number of urea groups is 1. The first kappa shape index (κ1) is 10.7. The standard InChI is InChI=1S/C7H15N3O2/c1-4-10(5-2)7(11)9-6(8)12-3/h4-5H2,1-3H3,(H2,8,9,11). The number of carbonyl (C=O) groups excluding carboxylic acids is 1. The molecule has 0 heterocycles. The van der Waals surface area contributed by atoms with Gasteiger partial charge in [0.25, 0.3) is 6.02 Å². The zero-order valence-electron chi connectivity index (χ0n) is 7.70. The normalized spacial score (nSPS) is 11.1. The van der Waals surface area contributed by atoms with Crippen molar-refractivity contribution < 1.29 is 9.53 Å². The van der Waals surface area contributed by atoms with E-state index in [1.54, 1.807) is 4.90 Å². The molecule has 0 fully saturated rings. The van der Waals surface area contributed by atoms with E-state index in [0.29, 0.717) is 13.1 Å². The van der Waals surface area contributed by atoms with Gasteiger partial charge in [-0.2, -0.15) is 0 Å². The fraction of sp³-hybridized carbons (Fsp3) is 0.714. The number of hydrogen-bond acceptors (Lipinski definition) is 2. The predicted molar refractivity (Wildman–Crippen MR) is 46.9 cm³/mol. The number of amidine groups is 1. The Kier molecular flexibility index (Phi) is 4.83. The van der Waals surface area contributed by atoms with Gasteiger partial charge in [0.2, 0.25) is 0 Å². The van der Waals surface area contributed by atoms with Crippen LogP contribution in [0.1, 0.15) is 13.8 Å². The molecular formula is C7H15N3O2. The van der Waals surface area contributed by atoms with Crippen LogP contribution in [0, 0.1) is 0 Å². The third-order valence-electron chi connectivity index (χ3n) is 1.45. The Labute approximate surface area is 72.2 Å². The minimum Gasteiger partial charge on any atom is -0.468 e. The van der Waals surface area contributed by atoms with Gasteiger partial charge in [0.05, 0.1) is 7.11 Å². The number of rotatable bonds is 2. The molecule has 0 saturated carbocycles. The first-order valence-electron chi connectivity index (χ1n) is 3.82. The Morgan fingerprint density at radius 2 is 2.00 bits per heavy atom. The van der Waals surface area contributed by atoms with Crippen molar-refractivity contribution in [1.82, 2.24) is 4.90 Å². The molecule has 0 aliphatic carbocycles. The van der Waals surface area contributed by atoms with E-state index in [9.17, 15) is 4.79 Å². The van der Waals surface area contributed by atoms with Crippen LogP contribution in [0.3, 0.4) is 0 Å². The molecule has 0 aromatic rings. The van der Waals surface area contributed by atoms with Crippen molar-refractivity contribution in [1.29, 1.82) is 0 Å². The molecule has 0 aromatic carbocycles. The summed E-state index contributed by atoms with van der Waals surface area (Å²) < 4.78 is 4.54. The van der Waals surface area contributed by atoms with E-state index in [1.165, 1.54) is 7.11 Å². The van der Waals surface area contributed by atoms with Gasteiger partial charge in [-0.1, -0.05) is 0 Å². The predicted octanol–water partition coefficient (Wildman–Crippen LogP) is 0.409. The summed E-state index contributed by atoms with van der Waals surface area (Å²) in [5, 5.41) is 0. The van der Waals surface area contributed by atoms with Crippen LogP contribution in [0.5, 0.6) is 0 Å². The highest BCUT2D eigenvalue weighted by molar-refractivity contribution is 5.88. The number of nitrogens with zero attached hydrogens (tertiary/aromatic N) is 2. The van der Waals surface area contributed by atoms with Crippen LogP contribution in [-0.4, -0.2) is 37.2 Å². The quantitative estimate of drug-likeness (QED) is 0.485. The minimum absolute atomic E-state index is 0.105. The summed E-state index contributed by atoms with van der Waals surface area (Å²) in [4.78, 5) is 16.2. The molecule has 0 saturated heterocycles. The summed E-state index contributed by atoms with van der Waals surface area (Å²) in [6.07, 6.45) is 0. The molecule has 2 N–H and O–H groups in total. The zero-order chi connectivity index (χ0) is 9.56. The summed E-state index contributed by atoms with van der Waals surface area (Å²) in [6, 6.07) is -0.466. The van der Waals surface area contributed by atoms with Crippen LogP contribution in [0.2, 0.25) is 0 Å². The first-order valence-corrected chi connectivity index (χ1v) is 3.82. The van der Waals surface area contributed by atoms with Gasteiger partial charge in [0, 0.05) is 13.1 Å². The van der Waals surface area contributed by atoms with Crippen LogP contribution < -0.4 is 5.73 Å². The van der Waals surface area contributed by atoms with Crippen LogP contribution in [-0.2, 0) is 4.74 Å². The maximum atomic E-state index is 11.2. The summed E-state index contributed by atoms with van der Waals surface area (Å²) in [6.45, 7) is 4.99. The largest absolute Gasteiger partial charge is 0.468 e. The Balaban J connectivity index is 4.18. The summed E-state index contributed by atoms with van der Waals surface area (Å²) >= 11 is 0. The zero-order valence-corrected chi connectivity index (χ0v) is 7.70. The van der Waals surface area contributed by atoms with E-state index in [4.69, 9.17) is 5.73 Å². The van der Waals surface area contributed by atoms with Gasteiger partial charge in [-0.05, 0) is 13.8 Å². The van der Waals surface area contributed by atoms with E-state index < -0.39 is 0 Å². The second kappa shape index (κ2) is 5.40. The summed E-state index contributed by atoms with van der Waals surface area (Å²) in [5.74, 6) is 0. The van der Waals surface area contributed by atoms with Crippen molar-refractivity contribution in [2.24, 2.45) is 10.7 Å². The highest BCUT2D eigenvalue weighted by Gasteiger charge is 2.07. The number of ether oxygens (including phenoxy) is 1. The van der Waals surface area contributed by atoms with Crippen LogP contribution in [0.25, 0.3) is 0 Å². The Morgan fingerprint density at radius 3 is 2.33 bits per heavy atom. The molecule has 12 heavy (non-hydrogen) atoms. The molecule has 0 aliphatic rings. The highest BCUT2D eigenvalue weighted by atomic mass is 16.5. The second-order valence-corrected chi connectivity index (χ2v) is 2.11. The molecule has 5 nitrogen and oxygen atoms in total. The fourth-order valence-electron chi connectivity index (χ4n) is 0.705. The summed E-state index contributed by atoms with van der Waals surface area (Å²) in [5.41, 5.74) is 5.20. The Bertz CT molecular complexity index is 175. The molecular weight excluding hydrogens is 158 g/mol. The minimum atomic E-state index is -0.362. The molecule has 2 amide bonds. The lowest BCUT2D eigenvalue weighted by molar-refractivity contribution is 0.212. The SMILES string of the molecule is CCN(CC)C(=O)/N=C(/N)OC. The van der Waals surface area contributed by atoms with Crippen molar-refractivity contribution >= 4 is 12.1 Å². The number of methoxy groups -OCH3 is 1. The van der Waals surface area contributed by atoms with Gasteiger partial charge in [-0.15, -0.1) is 4.99 Å². The van der Waals surface area contributed by atoms with E-state index in [0.717, 1.165) is 0 Å². The number of hydrogen-bond donors (Lipinski definition) is 1. The van der Waals surface area contributed by atoms with Gasteiger partial charge in [0.1, 0.15) is 0 Å². The monoisotopic (exact) mass is 173 g/mol. The van der Waals surface area contributed by atoms with Gasteiger partial charge in [-0.25, -0.2) is 4.79 Å². The smallest absolute Gasteiger partial charge is 0.348 e. The maximum Gasteiger partial charge on any atom is 0.348 e. The van der Waals surface area contributed by atoms with Gasteiger partial charge in [0.15, 0.2) is 0 Å². The number of nitrogens with two attached hydrogens (primary N) is 1. The van der Waals surface area contributed by atoms with Crippen molar-refractivity contribution in [3.05, 3.63) is 0 Å². The van der Waals surface area contributed by atoms with Crippen molar-refractivity contribution in [3.63, 3.8) is 0 Å². The average Bonchev–Trinajstić information content (AvgIpc) is 2.06. The van der Waals surface area contributed by atoms with Gasteiger partial charge in [-0.3, -0.25) is 0 Å². The van der Waals surface area contributed by atoms with Crippen LogP contribution in [0.15, 0.2) is 4.99 Å². The first-order chi connectivity index (χ1) is 5.65. The van der Waals surface area contributed by atoms with Crippen LogP contribution in [0.4, 0.5) is 4.79 Å². The van der Waals surface area contributed by atoms with Crippen molar-refractivity contribution in [2.75, 3.05) is 20.2 Å². The van der Waals surface area contributed by atoms with Crippen molar-refractivity contribution in [2.45, 2.75) is 13.8 Å². The molecule has 0 spiro atoms. The van der Waals surface area contributed by atoms with E-state index in [2.05, 4.69) is 9.73 Å². The number of amides is 2. The molecule has 0 bridgehead atoms. The summed E-state index contributed by atoms with van der Waals surface area (Å²) in [7, 11) is 1.37. The molecule has 0 rings (SSSR count). The fourth-order valence-corrected chi connectivity index (χ4v) is 0.705. The molecule has 0 aromatic heterocycles. The number of carbonyl (C=O) groups is 1. The topological polar surface area (TPSA) is 67.9 Å². The molecule has 0 unspecified atom stereocenters. The van der Waals surface area contributed by atoms with E-state index in [1.807, 2.05) is 13.8 Å².